The fraction of sp³-hybridized carbons (Fsp3) is 0.259. The molecule has 0 spiro atoms. The number of thiophene rings is 1. The van der Waals surface area contributed by atoms with Crippen LogP contribution in [0.25, 0.3) is 21.2 Å². The van der Waals surface area contributed by atoms with Gasteiger partial charge in [0, 0.05) is 52.6 Å². The van der Waals surface area contributed by atoms with Gasteiger partial charge in [-0.15, -0.1) is 11.3 Å². The van der Waals surface area contributed by atoms with Gasteiger partial charge < -0.3 is 15.2 Å². The summed E-state index contributed by atoms with van der Waals surface area (Å²) < 4.78 is 30.4. The molecular formula is C27H24ClN3O5S2. The Bertz CT molecular complexity index is 1610. The molecule has 4 heterocycles. The molecule has 2 aromatic carbocycles. The number of amides is 1. The van der Waals surface area contributed by atoms with Crippen LogP contribution in [0.4, 0.5) is 0 Å². The van der Waals surface area contributed by atoms with Crippen molar-refractivity contribution in [3.8, 4) is 11.1 Å². The smallest absolute Gasteiger partial charge is 0.254 e. The Balaban J connectivity index is 1.24. The third-order valence-corrected chi connectivity index (χ3v) is 10.9. The number of fused-ring (bicyclic) bond motifs is 3. The van der Waals surface area contributed by atoms with Gasteiger partial charge in [-0.3, -0.25) is 4.79 Å². The zero-order valence-electron chi connectivity index (χ0n) is 20.1. The Morgan fingerprint density at radius 2 is 1.61 bits per heavy atom. The molecule has 0 radical (unpaired) electrons. The van der Waals surface area contributed by atoms with Crippen molar-refractivity contribution < 1.29 is 23.0 Å². The number of aromatic nitrogens is 1. The zero-order chi connectivity index (χ0) is 26.6. The van der Waals surface area contributed by atoms with Gasteiger partial charge in [0.05, 0.1) is 6.10 Å². The fourth-order valence-electron chi connectivity index (χ4n) is 5.44. The van der Waals surface area contributed by atoms with Crippen LogP contribution in [0.1, 0.15) is 23.2 Å². The number of halogens is 1. The first-order valence-electron chi connectivity index (χ1n) is 12.2. The van der Waals surface area contributed by atoms with E-state index in [4.69, 9.17) is 11.6 Å². The number of piperazine rings is 1. The van der Waals surface area contributed by atoms with E-state index in [0.717, 1.165) is 21.2 Å². The predicted octanol–water partition coefficient (Wildman–Crippen LogP) is 3.89. The summed E-state index contributed by atoms with van der Waals surface area (Å²) in [7, 11) is -3.78. The van der Waals surface area contributed by atoms with E-state index >= 15 is 0 Å². The number of sulfonamides is 1. The van der Waals surface area contributed by atoms with Gasteiger partial charge in [0.25, 0.3) is 15.9 Å². The molecule has 2 atom stereocenters. The molecule has 2 aliphatic rings. The molecule has 1 amide bonds. The third-order valence-electron chi connectivity index (χ3n) is 7.26. The Morgan fingerprint density at radius 1 is 0.974 bits per heavy atom. The number of carbonyl (C=O) groups excluding carboxylic acids is 1. The molecule has 2 unspecified atom stereocenters. The number of nitrogens with zero attached hydrogens (tertiary/aromatic N) is 3. The van der Waals surface area contributed by atoms with E-state index in [9.17, 15) is 23.5 Å². The maximum Gasteiger partial charge on any atom is 0.254 e. The number of aliphatic hydroxyl groups excluding tert-OH is 1. The van der Waals surface area contributed by atoms with Crippen molar-refractivity contribution in [1.29, 1.82) is 0 Å². The molecular weight excluding hydrogens is 546 g/mol. The molecule has 6 rings (SSSR count). The molecule has 8 nitrogen and oxygen atoms in total. The van der Waals surface area contributed by atoms with Crippen LogP contribution in [0.15, 0.2) is 77.3 Å². The van der Waals surface area contributed by atoms with E-state index in [1.165, 1.54) is 28.0 Å². The number of benzene rings is 2. The number of carbonyl (C=O) groups is 1. The van der Waals surface area contributed by atoms with Gasteiger partial charge in [-0.05, 0) is 59.7 Å². The molecule has 4 aromatic rings. The maximum atomic E-state index is 13.6. The van der Waals surface area contributed by atoms with E-state index in [-0.39, 0.29) is 23.2 Å². The first-order valence-corrected chi connectivity index (χ1v) is 14.8. The summed E-state index contributed by atoms with van der Waals surface area (Å²) >= 11 is 7.27. The van der Waals surface area contributed by atoms with E-state index in [2.05, 4.69) is 0 Å². The molecule has 11 heteroatoms. The highest BCUT2D eigenvalue weighted by Crippen LogP contribution is 2.37. The molecule has 2 fully saturated rings. The lowest BCUT2D eigenvalue weighted by Crippen LogP contribution is -2.65. The second-order valence-electron chi connectivity index (χ2n) is 9.74. The Kier molecular flexibility index (Phi) is 6.40. The van der Waals surface area contributed by atoms with Crippen molar-refractivity contribution in [3.63, 3.8) is 0 Å². The van der Waals surface area contributed by atoms with Crippen molar-refractivity contribution in [2.24, 2.45) is 0 Å². The maximum absolute atomic E-state index is 13.6. The molecule has 0 saturated carbocycles. The van der Waals surface area contributed by atoms with E-state index in [1.807, 2.05) is 12.1 Å². The van der Waals surface area contributed by atoms with Crippen LogP contribution in [0.5, 0.6) is 0 Å². The highest BCUT2D eigenvalue weighted by molar-refractivity contribution is 7.91. The predicted molar refractivity (Wildman–Crippen MR) is 145 cm³/mol. The second-order valence-corrected chi connectivity index (χ2v) is 13.4. The third kappa shape index (κ3) is 4.56. The first-order chi connectivity index (χ1) is 18.2. The van der Waals surface area contributed by atoms with Crippen molar-refractivity contribution in [1.82, 2.24) is 9.21 Å². The number of piperidine rings is 1. The molecule has 0 aliphatic carbocycles. The van der Waals surface area contributed by atoms with Crippen LogP contribution in [-0.4, -0.2) is 59.9 Å². The monoisotopic (exact) mass is 569 g/mol. The summed E-state index contributed by atoms with van der Waals surface area (Å²) in [6.07, 6.45) is 2.88. The lowest BCUT2D eigenvalue weighted by molar-refractivity contribution is -0.605. The average molecular weight is 570 g/mol. The number of hydrogen-bond acceptors (Lipinski definition) is 6. The summed E-state index contributed by atoms with van der Waals surface area (Å²) in [5.74, 6) is -0.183. The van der Waals surface area contributed by atoms with Crippen LogP contribution in [-0.2, 0) is 10.0 Å². The van der Waals surface area contributed by atoms with Crippen LogP contribution in [0.2, 0.25) is 5.02 Å². The SMILES string of the molecule is O=C(c1ccc(-c2cc[n+]([O-])cc2)cc1)N1C2CC(O)CC1CN(S(=O)(=O)c1cc3ccc(Cl)cc3s1)C2. The van der Waals surface area contributed by atoms with Gasteiger partial charge in [0.1, 0.15) is 4.21 Å². The van der Waals surface area contributed by atoms with E-state index in [0.29, 0.717) is 28.2 Å². The molecule has 2 bridgehead atoms. The minimum absolute atomic E-state index is 0.119. The van der Waals surface area contributed by atoms with Crippen LogP contribution in [0.3, 0.4) is 0 Å². The van der Waals surface area contributed by atoms with E-state index < -0.39 is 28.2 Å². The number of hydrogen-bond donors (Lipinski definition) is 1. The summed E-state index contributed by atoms with van der Waals surface area (Å²) in [5.41, 5.74) is 2.23. The highest BCUT2D eigenvalue weighted by Gasteiger charge is 2.46. The van der Waals surface area contributed by atoms with Crippen molar-refractivity contribution in [2.75, 3.05) is 13.1 Å². The van der Waals surface area contributed by atoms with Crippen molar-refractivity contribution in [3.05, 3.63) is 88.9 Å². The molecule has 1 N–H and O–H groups in total. The van der Waals surface area contributed by atoms with Crippen LogP contribution < -0.4 is 4.73 Å². The van der Waals surface area contributed by atoms with Crippen LogP contribution in [0, 0.1) is 5.21 Å². The van der Waals surface area contributed by atoms with Gasteiger partial charge in [-0.1, -0.05) is 29.8 Å². The topological polar surface area (TPSA) is 105 Å². The van der Waals surface area contributed by atoms with Gasteiger partial charge in [-0.25, -0.2) is 8.42 Å². The minimum atomic E-state index is -3.78. The van der Waals surface area contributed by atoms with Gasteiger partial charge in [0.15, 0.2) is 12.4 Å². The second kappa shape index (κ2) is 9.62. The number of aliphatic hydroxyl groups is 1. The molecule has 196 valence electrons. The normalized spacial score (nSPS) is 22.1. The lowest BCUT2D eigenvalue weighted by Gasteiger charge is -2.50. The summed E-state index contributed by atoms with van der Waals surface area (Å²) in [6.45, 7) is 0.238. The standard InChI is InChI=1S/C27H24ClN3O5S2/c28-21-6-5-20-11-26(37-25(20)12-21)38(35,36)30-15-22-13-24(32)14-23(16-30)31(22)27(33)19-3-1-17(2-4-19)18-7-9-29(34)10-8-18/h1-12,22-24,32H,13-16H2. The summed E-state index contributed by atoms with van der Waals surface area (Å²) in [4.78, 5) is 15.4. The number of rotatable bonds is 4. The zero-order valence-corrected chi connectivity index (χ0v) is 22.5. The molecule has 2 saturated heterocycles. The van der Waals surface area contributed by atoms with Crippen molar-refractivity contribution >= 4 is 49.0 Å². The van der Waals surface area contributed by atoms with Crippen LogP contribution >= 0.6 is 22.9 Å². The Hall–Kier alpha value is -3.02. The Morgan fingerprint density at radius 3 is 2.26 bits per heavy atom. The van der Waals surface area contributed by atoms with E-state index in [1.54, 1.807) is 53.4 Å². The summed E-state index contributed by atoms with van der Waals surface area (Å²) in [5, 5.41) is 23.1. The van der Waals surface area contributed by atoms with Gasteiger partial charge >= 0.3 is 0 Å². The first kappa shape index (κ1) is 25.3. The molecule has 38 heavy (non-hydrogen) atoms. The Labute approximate surface area is 228 Å². The van der Waals surface area contributed by atoms with Crippen molar-refractivity contribution in [2.45, 2.75) is 35.2 Å². The summed E-state index contributed by atoms with van der Waals surface area (Å²) in [6, 6.07) is 16.6. The average Bonchev–Trinajstić information content (AvgIpc) is 3.32. The largest absolute Gasteiger partial charge is 0.619 e. The molecule has 2 aromatic heterocycles. The lowest BCUT2D eigenvalue weighted by atomic mass is 9.89. The van der Waals surface area contributed by atoms with Gasteiger partial charge in [-0.2, -0.15) is 9.04 Å². The fourth-order valence-corrected chi connectivity index (χ4v) is 8.79. The highest BCUT2D eigenvalue weighted by atomic mass is 35.5. The number of pyridine rings is 1. The molecule has 2 aliphatic heterocycles. The van der Waals surface area contributed by atoms with Gasteiger partial charge in [0.2, 0.25) is 0 Å². The minimum Gasteiger partial charge on any atom is -0.619 e. The quantitative estimate of drug-likeness (QED) is 0.296.